The molecule has 2 aromatic carbocycles. The lowest BCUT2D eigenvalue weighted by atomic mass is 10.0. The Bertz CT molecular complexity index is 1550. The maximum Gasteiger partial charge on any atom is 0.258 e. The monoisotopic (exact) mass is 475 g/mol. The van der Waals surface area contributed by atoms with E-state index in [-0.39, 0.29) is 5.91 Å². The molecule has 5 aromatic rings. The molecule has 0 saturated heterocycles. The van der Waals surface area contributed by atoms with E-state index in [4.69, 9.17) is 23.1 Å². The number of nitrogens with zero attached hydrogens (tertiary/aromatic N) is 3. The highest BCUT2D eigenvalue weighted by molar-refractivity contribution is 7.18. The number of carbonyl (C=O) groups excluding carboxylic acids is 1. The number of aromatic nitrogens is 3. The molecule has 0 aliphatic rings. The summed E-state index contributed by atoms with van der Waals surface area (Å²) >= 11 is 7.37. The molecule has 0 atom stereocenters. The van der Waals surface area contributed by atoms with Crippen molar-refractivity contribution in [3.8, 4) is 0 Å². The van der Waals surface area contributed by atoms with Crippen LogP contribution in [0.3, 0.4) is 0 Å². The van der Waals surface area contributed by atoms with E-state index in [1.807, 2.05) is 31.2 Å². The first kappa shape index (κ1) is 20.9. The number of halogens is 1. The highest BCUT2D eigenvalue weighted by atomic mass is 35.5. The Morgan fingerprint density at radius 3 is 2.73 bits per heavy atom. The van der Waals surface area contributed by atoms with Crippen molar-refractivity contribution in [3.63, 3.8) is 0 Å². The van der Waals surface area contributed by atoms with Gasteiger partial charge in [0.15, 0.2) is 0 Å². The largest absolute Gasteiger partial charge is 0.397 e. The van der Waals surface area contributed by atoms with Crippen LogP contribution in [0.25, 0.3) is 21.0 Å². The average Bonchev–Trinajstić information content (AvgIpc) is 3.24. The molecule has 0 aliphatic carbocycles. The van der Waals surface area contributed by atoms with E-state index in [1.165, 1.54) is 17.7 Å². The highest BCUT2D eigenvalue weighted by Crippen LogP contribution is 2.34. The number of anilines is 5. The van der Waals surface area contributed by atoms with Crippen molar-refractivity contribution in [2.24, 2.45) is 0 Å². The number of hydrogen-bond acceptors (Lipinski definition) is 8. The lowest BCUT2D eigenvalue weighted by molar-refractivity contribution is 0.102. The van der Waals surface area contributed by atoms with E-state index < -0.39 is 0 Å². The molecule has 3 aromatic heterocycles. The van der Waals surface area contributed by atoms with Crippen LogP contribution >= 0.6 is 22.9 Å². The molecule has 0 unspecified atom stereocenters. The molecule has 3 heterocycles. The van der Waals surface area contributed by atoms with Gasteiger partial charge in [-0.05, 0) is 36.8 Å². The maximum absolute atomic E-state index is 13.2. The van der Waals surface area contributed by atoms with E-state index in [9.17, 15) is 4.79 Å². The Kier molecular flexibility index (Phi) is 5.20. The normalized spacial score (nSPS) is 11.1. The number of benzene rings is 2. The SMILES string of the molecule is Cc1ccc2c(Nc3ccc(Cl)c(N)c3)nccc2c1NC(=O)c1csc2c(N)ncnc12. The van der Waals surface area contributed by atoms with Crippen LogP contribution in [-0.2, 0) is 0 Å². The van der Waals surface area contributed by atoms with Crippen LogP contribution in [0.5, 0.6) is 0 Å². The highest BCUT2D eigenvalue weighted by Gasteiger charge is 2.18. The van der Waals surface area contributed by atoms with Crippen LogP contribution in [0, 0.1) is 6.92 Å². The minimum atomic E-state index is -0.272. The summed E-state index contributed by atoms with van der Waals surface area (Å²) in [6, 6.07) is 11.1. The lowest BCUT2D eigenvalue weighted by Crippen LogP contribution is -2.13. The van der Waals surface area contributed by atoms with Gasteiger partial charge >= 0.3 is 0 Å². The number of rotatable bonds is 4. The molecule has 164 valence electrons. The number of nitrogens with one attached hydrogen (secondary N) is 2. The maximum atomic E-state index is 13.2. The van der Waals surface area contributed by atoms with Crippen molar-refractivity contribution in [1.82, 2.24) is 15.0 Å². The molecule has 10 heteroatoms. The zero-order valence-corrected chi connectivity index (χ0v) is 19.0. The van der Waals surface area contributed by atoms with E-state index >= 15 is 0 Å². The van der Waals surface area contributed by atoms with Crippen LogP contribution in [0.4, 0.5) is 28.7 Å². The van der Waals surface area contributed by atoms with Gasteiger partial charge in [0.05, 0.1) is 32.2 Å². The van der Waals surface area contributed by atoms with Gasteiger partial charge in [-0.15, -0.1) is 11.3 Å². The summed E-state index contributed by atoms with van der Waals surface area (Å²) in [6.45, 7) is 1.94. The third-order valence-corrected chi connectivity index (χ3v) is 6.61. The summed E-state index contributed by atoms with van der Waals surface area (Å²) in [6.07, 6.45) is 3.05. The third kappa shape index (κ3) is 3.77. The molecule has 0 bridgehead atoms. The van der Waals surface area contributed by atoms with Crippen LogP contribution in [0.2, 0.25) is 5.02 Å². The molecule has 8 nitrogen and oxygen atoms in total. The number of nitrogens with two attached hydrogens (primary N) is 2. The van der Waals surface area contributed by atoms with Gasteiger partial charge < -0.3 is 22.1 Å². The Balaban J connectivity index is 1.53. The van der Waals surface area contributed by atoms with Crippen molar-refractivity contribution >= 4 is 78.5 Å². The smallest absolute Gasteiger partial charge is 0.258 e. The van der Waals surface area contributed by atoms with Gasteiger partial charge in [0, 0.05) is 28.0 Å². The van der Waals surface area contributed by atoms with Gasteiger partial charge in [-0.25, -0.2) is 15.0 Å². The lowest BCUT2D eigenvalue weighted by Gasteiger charge is -2.15. The quantitative estimate of drug-likeness (QED) is 0.257. The third-order valence-electron chi connectivity index (χ3n) is 5.28. The molecule has 33 heavy (non-hydrogen) atoms. The topological polar surface area (TPSA) is 132 Å². The second-order valence-corrected chi connectivity index (χ2v) is 8.70. The Morgan fingerprint density at radius 1 is 1.06 bits per heavy atom. The number of carbonyl (C=O) groups is 1. The first-order valence-corrected chi connectivity index (χ1v) is 11.2. The number of aryl methyl sites for hydroxylation is 1. The summed E-state index contributed by atoms with van der Waals surface area (Å²) < 4.78 is 0.690. The van der Waals surface area contributed by atoms with Crippen LogP contribution < -0.4 is 22.1 Å². The zero-order valence-electron chi connectivity index (χ0n) is 17.4. The number of fused-ring (bicyclic) bond motifs is 2. The molecule has 0 radical (unpaired) electrons. The van der Waals surface area contributed by atoms with Crippen molar-refractivity contribution in [2.75, 3.05) is 22.1 Å². The number of nitrogen functional groups attached to an aromatic ring is 2. The fourth-order valence-electron chi connectivity index (χ4n) is 3.60. The van der Waals surface area contributed by atoms with Crippen molar-refractivity contribution in [2.45, 2.75) is 6.92 Å². The Hall–Kier alpha value is -3.95. The molecule has 6 N–H and O–H groups in total. The van der Waals surface area contributed by atoms with Crippen LogP contribution in [0.1, 0.15) is 15.9 Å². The standard InChI is InChI=1S/C23H18ClN7OS/c1-11-2-4-14-13(6-7-27-22(14)30-12-3-5-16(24)17(25)8-12)18(11)31-23(32)15-9-33-20-19(15)28-10-29-21(20)26/h2-10H,25H2,1H3,(H,27,30)(H,31,32)(H2,26,28,29). The fraction of sp³-hybridized carbons (Fsp3) is 0.0435. The second-order valence-electron chi connectivity index (χ2n) is 7.41. The molecular weight excluding hydrogens is 458 g/mol. The average molecular weight is 476 g/mol. The van der Waals surface area contributed by atoms with Gasteiger partial charge in [0.25, 0.3) is 5.91 Å². The van der Waals surface area contributed by atoms with Gasteiger partial charge in [0.2, 0.25) is 0 Å². The van der Waals surface area contributed by atoms with Crippen molar-refractivity contribution in [3.05, 3.63) is 70.5 Å². The first-order chi connectivity index (χ1) is 15.9. The number of thiophene rings is 1. The van der Waals surface area contributed by atoms with Crippen molar-refractivity contribution < 1.29 is 4.79 Å². The molecule has 0 saturated carbocycles. The van der Waals surface area contributed by atoms with Crippen molar-refractivity contribution in [1.29, 1.82) is 0 Å². The number of hydrogen-bond donors (Lipinski definition) is 4. The fourth-order valence-corrected chi connectivity index (χ4v) is 4.62. The summed E-state index contributed by atoms with van der Waals surface area (Å²) in [5, 5.41) is 10.2. The Labute approximate surface area is 197 Å². The minimum Gasteiger partial charge on any atom is -0.397 e. The number of pyridine rings is 1. The summed E-state index contributed by atoms with van der Waals surface area (Å²) in [7, 11) is 0. The van der Waals surface area contributed by atoms with E-state index in [0.717, 1.165) is 22.0 Å². The van der Waals surface area contributed by atoms with E-state index in [1.54, 1.807) is 23.7 Å². The van der Waals surface area contributed by atoms with Crippen LogP contribution in [-0.4, -0.2) is 20.9 Å². The number of amides is 1. The molecule has 0 fully saturated rings. The van der Waals surface area contributed by atoms with Gasteiger partial charge in [0.1, 0.15) is 18.0 Å². The predicted molar refractivity (Wildman–Crippen MR) is 135 cm³/mol. The van der Waals surface area contributed by atoms with Gasteiger partial charge in [-0.2, -0.15) is 0 Å². The zero-order chi connectivity index (χ0) is 23.1. The summed E-state index contributed by atoms with van der Waals surface area (Å²) in [5.41, 5.74) is 15.7. The van der Waals surface area contributed by atoms with Gasteiger partial charge in [-0.3, -0.25) is 4.79 Å². The molecule has 1 amide bonds. The van der Waals surface area contributed by atoms with E-state index in [2.05, 4.69) is 25.6 Å². The summed E-state index contributed by atoms with van der Waals surface area (Å²) in [4.78, 5) is 25.9. The summed E-state index contributed by atoms with van der Waals surface area (Å²) in [5.74, 6) is 0.716. The van der Waals surface area contributed by atoms with Gasteiger partial charge in [-0.1, -0.05) is 23.7 Å². The molecule has 0 spiro atoms. The Morgan fingerprint density at radius 2 is 1.91 bits per heavy atom. The molecular formula is C23H18ClN7OS. The predicted octanol–water partition coefficient (Wildman–Crippen LogP) is 5.36. The van der Waals surface area contributed by atoms with Crippen LogP contribution in [0.15, 0.2) is 54.3 Å². The second kappa shape index (κ2) is 8.19. The minimum absolute atomic E-state index is 0.272. The first-order valence-electron chi connectivity index (χ1n) is 9.92. The molecule has 0 aliphatic heterocycles. The molecule has 5 rings (SSSR count). The van der Waals surface area contributed by atoms with E-state index in [0.29, 0.717) is 43.8 Å².